The van der Waals surface area contributed by atoms with Gasteiger partial charge in [0, 0.05) is 31.0 Å². The van der Waals surface area contributed by atoms with Gasteiger partial charge in [0.2, 0.25) is 0 Å². The van der Waals surface area contributed by atoms with Gasteiger partial charge in [0.15, 0.2) is 0 Å². The van der Waals surface area contributed by atoms with Crippen LogP contribution < -0.4 is 10.2 Å². The minimum absolute atomic E-state index is 0.0500. The number of nitrogens with zero attached hydrogens (tertiary/aromatic N) is 2. The summed E-state index contributed by atoms with van der Waals surface area (Å²) >= 11 is 1.55. The number of morpholine rings is 1. The van der Waals surface area contributed by atoms with E-state index in [-0.39, 0.29) is 11.9 Å². The molecule has 1 saturated heterocycles. The number of ether oxygens (including phenoxy) is 1. The van der Waals surface area contributed by atoms with Gasteiger partial charge in [0.1, 0.15) is 0 Å². The van der Waals surface area contributed by atoms with Crippen LogP contribution in [0.25, 0.3) is 11.1 Å². The topological polar surface area (TPSA) is 54.5 Å². The lowest BCUT2D eigenvalue weighted by atomic mass is 10.1. The average molecular weight is 394 g/mol. The van der Waals surface area contributed by atoms with Crippen LogP contribution in [0.15, 0.2) is 60.9 Å². The van der Waals surface area contributed by atoms with Crippen molar-refractivity contribution in [1.82, 2.24) is 10.3 Å². The maximum absolute atomic E-state index is 12.9. The minimum Gasteiger partial charge on any atom is -0.378 e. The molecule has 1 fully saturated rings. The van der Waals surface area contributed by atoms with E-state index in [1.165, 1.54) is 0 Å². The van der Waals surface area contributed by atoms with Gasteiger partial charge >= 0.3 is 0 Å². The van der Waals surface area contributed by atoms with Crippen LogP contribution in [0.5, 0.6) is 0 Å². The van der Waals surface area contributed by atoms with Crippen LogP contribution in [0.4, 0.5) is 5.00 Å². The van der Waals surface area contributed by atoms with E-state index in [4.69, 9.17) is 4.74 Å². The molecule has 0 spiro atoms. The lowest BCUT2D eigenvalue weighted by Gasteiger charge is -2.28. The van der Waals surface area contributed by atoms with E-state index in [9.17, 15) is 4.79 Å². The van der Waals surface area contributed by atoms with E-state index < -0.39 is 0 Å². The Morgan fingerprint density at radius 3 is 2.57 bits per heavy atom. The average Bonchev–Trinajstić information content (AvgIpc) is 3.21. The van der Waals surface area contributed by atoms with E-state index in [1.54, 1.807) is 23.7 Å². The van der Waals surface area contributed by atoms with Gasteiger partial charge in [-0.2, -0.15) is 0 Å². The van der Waals surface area contributed by atoms with Crippen molar-refractivity contribution >= 4 is 22.2 Å². The number of hydrogen-bond acceptors (Lipinski definition) is 5. The molecule has 4 rings (SSSR count). The summed E-state index contributed by atoms with van der Waals surface area (Å²) in [6.45, 7) is 5.10. The number of amides is 1. The van der Waals surface area contributed by atoms with Crippen molar-refractivity contribution in [3.05, 3.63) is 71.4 Å². The van der Waals surface area contributed by atoms with Crippen molar-refractivity contribution in [2.45, 2.75) is 13.0 Å². The third-order valence-corrected chi connectivity index (χ3v) is 6.07. The van der Waals surface area contributed by atoms with E-state index >= 15 is 0 Å². The number of anilines is 1. The molecule has 1 aliphatic heterocycles. The molecule has 1 aliphatic rings. The van der Waals surface area contributed by atoms with Gasteiger partial charge < -0.3 is 15.0 Å². The monoisotopic (exact) mass is 393 g/mol. The van der Waals surface area contributed by atoms with Crippen molar-refractivity contribution < 1.29 is 9.53 Å². The molecule has 1 amide bonds. The molecule has 0 aliphatic carbocycles. The lowest BCUT2D eigenvalue weighted by molar-refractivity contribution is 0.0944. The first kappa shape index (κ1) is 18.7. The Bertz CT molecular complexity index is 921. The lowest BCUT2D eigenvalue weighted by Crippen LogP contribution is -2.35. The number of aromatic nitrogens is 1. The summed E-state index contributed by atoms with van der Waals surface area (Å²) in [5, 5.41) is 4.24. The largest absolute Gasteiger partial charge is 0.378 e. The molecule has 144 valence electrons. The first-order chi connectivity index (χ1) is 13.7. The fraction of sp³-hybridized carbons (Fsp3) is 0.273. The summed E-state index contributed by atoms with van der Waals surface area (Å²) in [5.74, 6) is -0.0500. The Hall–Kier alpha value is -2.70. The van der Waals surface area contributed by atoms with Crippen molar-refractivity contribution in [1.29, 1.82) is 0 Å². The molecular weight excluding hydrogens is 370 g/mol. The molecule has 0 radical (unpaired) electrons. The molecule has 28 heavy (non-hydrogen) atoms. The number of benzene rings is 1. The highest BCUT2D eigenvalue weighted by atomic mass is 32.1. The maximum atomic E-state index is 12.9. The first-order valence-corrected chi connectivity index (χ1v) is 10.3. The van der Waals surface area contributed by atoms with Gasteiger partial charge in [0.25, 0.3) is 5.91 Å². The highest BCUT2D eigenvalue weighted by Gasteiger charge is 2.22. The second kappa shape index (κ2) is 8.54. The molecule has 2 aromatic heterocycles. The molecule has 0 bridgehead atoms. The zero-order valence-corrected chi connectivity index (χ0v) is 16.6. The molecule has 0 saturated carbocycles. The summed E-state index contributed by atoms with van der Waals surface area (Å²) in [6, 6.07) is 16.0. The van der Waals surface area contributed by atoms with E-state index in [0.717, 1.165) is 39.7 Å². The smallest absolute Gasteiger partial charge is 0.261 e. The van der Waals surface area contributed by atoms with Crippen molar-refractivity contribution in [2.24, 2.45) is 0 Å². The third kappa shape index (κ3) is 4.08. The predicted molar refractivity (Wildman–Crippen MR) is 113 cm³/mol. The highest BCUT2D eigenvalue weighted by Crippen LogP contribution is 2.39. The van der Waals surface area contributed by atoms with Crippen LogP contribution >= 0.6 is 11.3 Å². The molecule has 5 nitrogen and oxygen atoms in total. The van der Waals surface area contributed by atoms with Crippen molar-refractivity contribution in [2.75, 3.05) is 31.2 Å². The Morgan fingerprint density at radius 2 is 1.86 bits per heavy atom. The minimum atomic E-state index is -0.0791. The zero-order chi connectivity index (χ0) is 19.3. The van der Waals surface area contributed by atoms with Gasteiger partial charge in [-0.05, 0) is 36.2 Å². The molecule has 1 atom stereocenters. The second-order valence-electron chi connectivity index (χ2n) is 6.77. The van der Waals surface area contributed by atoms with Gasteiger partial charge in [0.05, 0.1) is 29.1 Å². The summed E-state index contributed by atoms with van der Waals surface area (Å²) in [6.07, 6.45) is 3.49. The molecule has 1 aromatic carbocycles. The number of rotatable bonds is 5. The Balaban J connectivity index is 1.62. The number of hydrogen-bond donors (Lipinski definition) is 1. The molecule has 1 N–H and O–H groups in total. The number of thiophene rings is 1. The van der Waals surface area contributed by atoms with Crippen LogP contribution in [-0.4, -0.2) is 37.2 Å². The van der Waals surface area contributed by atoms with E-state index in [0.29, 0.717) is 13.2 Å². The Labute approximate surface area is 169 Å². The molecule has 1 unspecified atom stereocenters. The van der Waals surface area contributed by atoms with Crippen LogP contribution in [0.3, 0.4) is 0 Å². The van der Waals surface area contributed by atoms with Crippen LogP contribution in [0.2, 0.25) is 0 Å². The van der Waals surface area contributed by atoms with Crippen LogP contribution in [0, 0.1) is 0 Å². The van der Waals surface area contributed by atoms with Crippen molar-refractivity contribution in [3.8, 4) is 11.1 Å². The number of pyridine rings is 1. The van der Waals surface area contributed by atoms with Gasteiger partial charge in [-0.25, -0.2) is 0 Å². The second-order valence-corrected chi connectivity index (χ2v) is 7.80. The molecular formula is C22H23N3O2S. The van der Waals surface area contributed by atoms with Crippen LogP contribution in [-0.2, 0) is 4.74 Å². The normalized spacial score (nSPS) is 15.2. The summed E-state index contributed by atoms with van der Waals surface area (Å²) in [4.78, 5) is 20.0. The quantitative estimate of drug-likeness (QED) is 0.708. The first-order valence-electron chi connectivity index (χ1n) is 9.45. The van der Waals surface area contributed by atoms with Crippen LogP contribution in [0.1, 0.15) is 28.2 Å². The predicted octanol–water partition coefficient (Wildman–Crippen LogP) is 4.14. The van der Waals surface area contributed by atoms with E-state index in [1.807, 2.05) is 43.3 Å². The molecule has 3 aromatic rings. The van der Waals surface area contributed by atoms with Gasteiger partial charge in [-0.3, -0.25) is 9.78 Å². The Kier molecular flexibility index (Phi) is 5.69. The maximum Gasteiger partial charge on any atom is 0.261 e. The summed E-state index contributed by atoms with van der Waals surface area (Å²) < 4.78 is 5.50. The molecule has 6 heteroatoms. The highest BCUT2D eigenvalue weighted by molar-refractivity contribution is 7.18. The fourth-order valence-corrected chi connectivity index (χ4v) is 4.46. The fourth-order valence-electron chi connectivity index (χ4n) is 3.32. The number of nitrogens with one attached hydrogen (secondary N) is 1. The van der Waals surface area contributed by atoms with Gasteiger partial charge in [-0.1, -0.05) is 30.3 Å². The third-order valence-electron chi connectivity index (χ3n) is 4.87. The molecule has 3 heterocycles. The zero-order valence-electron chi connectivity index (χ0n) is 15.8. The standard InChI is InChI=1S/C22H23N3O2S/c1-16(17-7-9-23-10-8-17)24-21(26)20-15-19(18-5-3-2-4-6-18)22(28-20)25-11-13-27-14-12-25/h2-10,15-16H,11-14H2,1H3,(H,24,26). The van der Waals surface area contributed by atoms with Gasteiger partial charge in [-0.15, -0.1) is 11.3 Å². The SMILES string of the molecule is CC(NC(=O)c1cc(-c2ccccc2)c(N2CCOCC2)s1)c1ccncc1. The summed E-state index contributed by atoms with van der Waals surface area (Å²) in [5.41, 5.74) is 3.27. The van der Waals surface area contributed by atoms with Crippen molar-refractivity contribution in [3.63, 3.8) is 0 Å². The summed E-state index contributed by atoms with van der Waals surface area (Å²) in [7, 11) is 0. The van der Waals surface area contributed by atoms with E-state index in [2.05, 4.69) is 27.3 Å². The Morgan fingerprint density at radius 1 is 1.14 bits per heavy atom. The number of carbonyl (C=O) groups is 1. The number of carbonyl (C=O) groups excluding carboxylic acids is 1.